The Balaban J connectivity index is 2.93. The van der Waals surface area contributed by atoms with Crippen LogP contribution in [-0.4, -0.2) is 9.94 Å². The third-order valence-corrected chi connectivity index (χ3v) is 1.86. The average Bonchev–Trinajstić information content (AvgIpc) is 2.12. The van der Waals surface area contributed by atoms with E-state index in [2.05, 4.69) is 0 Å². The maximum absolute atomic E-state index is 12.8. The number of hydrogen-bond donors (Lipinski definition) is 1. The zero-order chi connectivity index (χ0) is 9.42. The van der Waals surface area contributed by atoms with E-state index in [0.29, 0.717) is 5.69 Å². The van der Waals surface area contributed by atoms with Crippen LogP contribution in [-0.2, 0) is 0 Å². The van der Waals surface area contributed by atoms with Crippen LogP contribution in [0, 0.1) is 5.82 Å². The van der Waals surface area contributed by atoms with Crippen LogP contribution in [0.15, 0.2) is 35.3 Å². The van der Waals surface area contributed by atoms with Crippen molar-refractivity contribution in [2.45, 2.75) is 0 Å². The van der Waals surface area contributed by atoms with Crippen molar-refractivity contribution in [3.63, 3.8) is 0 Å². The summed E-state index contributed by atoms with van der Waals surface area (Å²) in [6.45, 7) is 0. The molecule has 4 heteroatoms. The standard InChI is InChI=1S/C9H6FNO2/c10-7-3-4-8-6(9(7)12)2-1-5-11(8)13/h1-5,13H. The van der Waals surface area contributed by atoms with E-state index in [9.17, 15) is 14.4 Å². The van der Waals surface area contributed by atoms with Crippen LogP contribution >= 0.6 is 0 Å². The average molecular weight is 179 g/mol. The third-order valence-electron chi connectivity index (χ3n) is 1.86. The fraction of sp³-hybridized carbons (Fsp3) is 0. The lowest BCUT2D eigenvalue weighted by atomic mass is 10.1. The number of fused-ring (bicyclic) bond motifs is 1. The number of halogens is 1. The zero-order valence-electron chi connectivity index (χ0n) is 6.57. The summed E-state index contributed by atoms with van der Waals surface area (Å²) in [6, 6.07) is 5.33. The van der Waals surface area contributed by atoms with E-state index in [-0.39, 0.29) is 5.56 Å². The van der Waals surface area contributed by atoms with E-state index >= 15 is 0 Å². The van der Waals surface area contributed by atoms with Crippen LogP contribution in [0.1, 0.15) is 0 Å². The van der Waals surface area contributed by atoms with Gasteiger partial charge in [-0.05, 0) is 24.3 Å². The van der Waals surface area contributed by atoms with Gasteiger partial charge in [0, 0.05) is 6.20 Å². The van der Waals surface area contributed by atoms with Gasteiger partial charge in [0.1, 0.15) is 0 Å². The number of pyridine rings is 1. The molecule has 2 rings (SSSR count). The lowest BCUT2D eigenvalue weighted by Gasteiger charge is -2.07. The maximum Gasteiger partial charge on any atom is 0.223 e. The summed E-state index contributed by atoms with van der Waals surface area (Å²) in [7, 11) is 0. The summed E-state index contributed by atoms with van der Waals surface area (Å²) in [5.74, 6) is -0.807. The molecule has 0 fully saturated rings. The van der Waals surface area contributed by atoms with Crippen molar-refractivity contribution in [2.75, 3.05) is 0 Å². The van der Waals surface area contributed by atoms with Gasteiger partial charge in [0.15, 0.2) is 5.82 Å². The molecule has 3 nitrogen and oxygen atoms in total. The van der Waals surface area contributed by atoms with Crippen molar-refractivity contribution in [2.24, 2.45) is 0 Å². The van der Waals surface area contributed by atoms with E-state index in [1.54, 1.807) is 0 Å². The van der Waals surface area contributed by atoms with Gasteiger partial charge in [0.25, 0.3) is 0 Å². The van der Waals surface area contributed by atoms with Gasteiger partial charge in [0.05, 0.1) is 11.3 Å². The maximum atomic E-state index is 12.8. The van der Waals surface area contributed by atoms with Crippen LogP contribution in [0.4, 0.5) is 4.39 Å². The van der Waals surface area contributed by atoms with Crippen LogP contribution < -0.4 is 5.43 Å². The molecule has 0 unspecified atom stereocenters. The van der Waals surface area contributed by atoms with Gasteiger partial charge in [-0.3, -0.25) is 4.79 Å². The van der Waals surface area contributed by atoms with E-state index in [1.165, 1.54) is 24.4 Å². The monoisotopic (exact) mass is 179 g/mol. The summed E-state index contributed by atoms with van der Waals surface area (Å²) in [4.78, 5) is 11.2. The molecule has 0 amide bonds. The van der Waals surface area contributed by atoms with E-state index in [4.69, 9.17) is 0 Å². The predicted molar refractivity (Wildman–Crippen MR) is 44.5 cm³/mol. The Morgan fingerprint density at radius 2 is 2.08 bits per heavy atom. The molecule has 0 aromatic carbocycles. The lowest BCUT2D eigenvalue weighted by molar-refractivity contribution is 0.189. The first-order valence-electron chi connectivity index (χ1n) is 3.69. The van der Waals surface area contributed by atoms with Crippen molar-refractivity contribution in [3.8, 4) is 11.3 Å². The fourth-order valence-corrected chi connectivity index (χ4v) is 1.22. The quantitative estimate of drug-likeness (QED) is 0.620. The first-order valence-corrected chi connectivity index (χ1v) is 3.69. The molecule has 66 valence electrons. The third kappa shape index (κ3) is 1.07. The van der Waals surface area contributed by atoms with Crippen molar-refractivity contribution in [1.82, 2.24) is 4.73 Å². The van der Waals surface area contributed by atoms with Gasteiger partial charge in [-0.2, -0.15) is 4.73 Å². The van der Waals surface area contributed by atoms with E-state index < -0.39 is 11.2 Å². The van der Waals surface area contributed by atoms with Crippen LogP contribution in [0.3, 0.4) is 0 Å². The Labute approximate surface area is 73.0 Å². The van der Waals surface area contributed by atoms with Crippen molar-refractivity contribution in [3.05, 3.63) is 46.5 Å². The molecule has 1 aliphatic heterocycles. The number of benzene rings is 1. The molecule has 2 aliphatic rings. The van der Waals surface area contributed by atoms with Crippen LogP contribution in [0.25, 0.3) is 11.3 Å². The summed E-state index contributed by atoms with van der Waals surface area (Å²) in [6.07, 6.45) is 1.37. The van der Waals surface area contributed by atoms with Crippen molar-refractivity contribution >= 4 is 0 Å². The highest BCUT2D eigenvalue weighted by molar-refractivity contribution is 5.60. The molecule has 0 aromatic heterocycles. The molecule has 1 heterocycles. The molecule has 0 saturated carbocycles. The summed E-state index contributed by atoms with van der Waals surface area (Å²) >= 11 is 0. The van der Waals surface area contributed by atoms with Gasteiger partial charge in [0.2, 0.25) is 5.43 Å². The summed E-state index contributed by atoms with van der Waals surface area (Å²) in [5, 5.41) is 9.24. The minimum absolute atomic E-state index is 0.171. The molecule has 13 heavy (non-hydrogen) atoms. The molecule has 1 aliphatic carbocycles. The van der Waals surface area contributed by atoms with Crippen LogP contribution in [0.2, 0.25) is 0 Å². The Hall–Kier alpha value is -1.84. The summed E-state index contributed by atoms with van der Waals surface area (Å²) < 4.78 is 13.6. The molecule has 1 N–H and O–H groups in total. The highest BCUT2D eigenvalue weighted by Crippen LogP contribution is 2.15. The molecular formula is C9H6FNO2. The first kappa shape index (κ1) is 7.79. The minimum atomic E-state index is -0.807. The second kappa shape index (κ2) is 2.58. The predicted octanol–water partition coefficient (Wildman–Crippen LogP) is 1.33. The topological polar surface area (TPSA) is 42.2 Å². The molecule has 0 aromatic rings. The van der Waals surface area contributed by atoms with Gasteiger partial charge in [-0.15, -0.1) is 0 Å². The zero-order valence-corrected chi connectivity index (χ0v) is 6.57. The largest absolute Gasteiger partial charge is 0.428 e. The lowest BCUT2D eigenvalue weighted by Crippen LogP contribution is -2.13. The molecular weight excluding hydrogens is 173 g/mol. The number of nitrogens with zero attached hydrogens (tertiary/aromatic N) is 1. The second-order valence-corrected chi connectivity index (χ2v) is 2.66. The smallest absolute Gasteiger partial charge is 0.223 e. The first-order chi connectivity index (χ1) is 6.20. The van der Waals surface area contributed by atoms with Crippen molar-refractivity contribution in [1.29, 1.82) is 0 Å². The van der Waals surface area contributed by atoms with E-state index in [0.717, 1.165) is 10.8 Å². The van der Waals surface area contributed by atoms with Gasteiger partial charge < -0.3 is 5.21 Å². The number of hydrogen-bond acceptors (Lipinski definition) is 2. The van der Waals surface area contributed by atoms with Gasteiger partial charge in [-0.25, -0.2) is 4.39 Å². The second-order valence-electron chi connectivity index (χ2n) is 2.66. The summed E-state index contributed by atoms with van der Waals surface area (Å²) in [5.41, 5.74) is -0.222. The SMILES string of the molecule is O=c1c(F)ccc2n(O)cccc1-2. The fourth-order valence-electron chi connectivity index (χ4n) is 1.22. The van der Waals surface area contributed by atoms with Gasteiger partial charge in [-0.1, -0.05) is 0 Å². The Bertz CT molecular complexity index is 478. The number of aromatic nitrogens is 1. The molecule has 0 atom stereocenters. The normalized spacial score (nSPS) is 10.5. The van der Waals surface area contributed by atoms with E-state index in [1.807, 2.05) is 0 Å². The number of rotatable bonds is 0. The minimum Gasteiger partial charge on any atom is -0.428 e. The Kier molecular flexibility index (Phi) is 1.55. The molecule has 0 saturated heterocycles. The van der Waals surface area contributed by atoms with Crippen LogP contribution in [0.5, 0.6) is 0 Å². The Morgan fingerprint density at radius 3 is 2.85 bits per heavy atom. The highest BCUT2D eigenvalue weighted by atomic mass is 19.1. The van der Waals surface area contributed by atoms with Gasteiger partial charge >= 0.3 is 0 Å². The highest BCUT2D eigenvalue weighted by Gasteiger charge is 2.11. The molecule has 0 spiro atoms. The Morgan fingerprint density at radius 1 is 1.31 bits per heavy atom. The molecule has 0 bridgehead atoms. The van der Waals surface area contributed by atoms with Crippen molar-refractivity contribution < 1.29 is 9.60 Å². The molecule has 0 radical (unpaired) electrons.